The quantitative estimate of drug-likeness (QED) is 0.200. The van der Waals surface area contributed by atoms with Crippen molar-refractivity contribution in [2.75, 3.05) is 19.0 Å². The molecule has 3 aromatic rings. The number of nitrogens with zero attached hydrogens (tertiary/aromatic N) is 1. The normalized spacial score (nSPS) is 10.8. The predicted molar refractivity (Wildman–Crippen MR) is 138 cm³/mol. The van der Waals surface area contributed by atoms with Gasteiger partial charge in [0.15, 0.2) is 11.5 Å². The van der Waals surface area contributed by atoms with Crippen molar-refractivity contribution >= 4 is 46.8 Å². The predicted octanol–water partition coefficient (Wildman–Crippen LogP) is 6.30. The Kier molecular flexibility index (Phi) is 9.34. The van der Waals surface area contributed by atoms with E-state index in [2.05, 4.69) is 10.1 Å². The summed E-state index contributed by atoms with van der Waals surface area (Å²) >= 11 is 12.5. The third-order valence-electron chi connectivity index (χ3n) is 4.84. The molecule has 0 aromatic heterocycles. The van der Waals surface area contributed by atoms with Crippen LogP contribution < -0.4 is 14.8 Å². The average Bonchev–Trinajstić information content (AvgIpc) is 2.87. The SMILES string of the molecule is CCOc1cc(/C=C(\C#N)C(=O)Nc2ccc(C(=O)OC)cc2)cc(Cl)c1OCc1cccc(Cl)c1. The number of amides is 1. The molecule has 0 saturated carbocycles. The van der Waals surface area contributed by atoms with Crippen molar-refractivity contribution in [3.05, 3.63) is 93.0 Å². The van der Waals surface area contributed by atoms with Crippen LogP contribution in [0.4, 0.5) is 5.69 Å². The van der Waals surface area contributed by atoms with Gasteiger partial charge >= 0.3 is 5.97 Å². The molecule has 0 bridgehead atoms. The first-order chi connectivity index (χ1) is 17.3. The molecular formula is C27H22Cl2N2O5. The average molecular weight is 525 g/mol. The number of halogens is 2. The van der Waals surface area contributed by atoms with E-state index in [1.54, 1.807) is 24.3 Å². The molecule has 1 N–H and O–H groups in total. The van der Waals surface area contributed by atoms with Gasteiger partial charge in [0, 0.05) is 10.7 Å². The minimum atomic E-state index is -0.626. The molecule has 7 nitrogen and oxygen atoms in total. The zero-order chi connectivity index (χ0) is 26.1. The Morgan fingerprint density at radius 2 is 1.81 bits per heavy atom. The van der Waals surface area contributed by atoms with Crippen LogP contribution in [0.2, 0.25) is 10.0 Å². The lowest BCUT2D eigenvalue weighted by molar-refractivity contribution is -0.112. The maximum Gasteiger partial charge on any atom is 0.337 e. The third kappa shape index (κ3) is 7.01. The third-order valence-corrected chi connectivity index (χ3v) is 5.36. The molecule has 36 heavy (non-hydrogen) atoms. The molecule has 184 valence electrons. The van der Waals surface area contributed by atoms with Gasteiger partial charge in [0.2, 0.25) is 0 Å². The summed E-state index contributed by atoms with van der Waals surface area (Å²) in [5.74, 6) is -0.412. The first-order valence-corrected chi connectivity index (χ1v) is 11.5. The van der Waals surface area contributed by atoms with E-state index in [-0.39, 0.29) is 17.2 Å². The van der Waals surface area contributed by atoms with Gasteiger partial charge in [0.1, 0.15) is 18.2 Å². The van der Waals surface area contributed by atoms with Crippen LogP contribution in [0, 0.1) is 11.3 Å². The zero-order valence-electron chi connectivity index (χ0n) is 19.5. The van der Waals surface area contributed by atoms with Crippen LogP contribution in [0.25, 0.3) is 6.08 Å². The molecule has 3 rings (SSSR count). The van der Waals surface area contributed by atoms with Gasteiger partial charge in [-0.2, -0.15) is 5.26 Å². The van der Waals surface area contributed by atoms with E-state index in [1.807, 2.05) is 25.1 Å². The monoisotopic (exact) mass is 524 g/mol. The first kappa shape index (κ1) is 26.6. The van der Waals surface area contributed by atoms with Crippen molar-refractivity contribution in [1.29, 1.82) is 5.26 Å². The molecule has 0 saturated heterocycles. The molecule has 0 spiro atoms. The van der Waals surface area contributed by atoms with E-state index in [0.717, 1.165) is 5.56 Å². The largest absolute Gasteiger partial charge is 0.490 e. The van der Waals surface area contributed by atoms with Gasteiger partial charge in [0.05, 0.1) is 24.3 Å². The molecule has 0 aliphatic rings. The van der Waals surface area contributed by atoms with Gasteiger partial charge in [-0.3, -0.25) is 4.79 Å². The fraction of sp³-hybridized carbons (Fsp3) is 0.148. The number of rotatable bonds is 9. The maximum atomic E-state index is 12.7. The Bertz CT molecular complexity index is 1330. The van der Waals surface area contributed by atoms with Crippen LogP contribution in [-0.2, 0) is 16.1 Å². The number of carbonyl (C=O) groups excluding carboxylic acids is 2. The Morgan fingerprint density at radius 1 is 1.06 bits per heavy atom. The number of hydrogen-bond donors (Lipinski definition) is 1. The fourth-order valence-electron chi connectivity index (χ4n) is 3.18. The Hall–Kier alpha value is -3.99. The number of nitrogens with one attached hydrogen (secondary N) is 1. The van der Waals surface area contributed by atoms with E-state index in [4.69, 9.17) is 32.7 Å². The second-order valence-corrected chi connectivity index (χ2v) is 8.22. The van der Waals surface area contributed by atoms with Gasteiger partial charge < -0.3 is 19.5 Å². The minimum absolute atomic E-state index is 0.154. The lowest BCUT2D eigenvalue weighted by Crippen LogP contribution is -2.13. The number of methoxy groups -OCH3 is 1. The lowest BCUT2D eigenvalue weighted by atomic mass is 10.1. The standard InChI is InChI=1S/C27H22Cl2N2O5/c1-3-35-24-14-18(13-23(29)25(24)36-16-17-5-4-6-21(28)12-17)11-20(15-30)26(32)31-22-9-7-19(8-10-22)27(33)34-2/h4-14H,3,16H2,1-2H3,(H,31,32)/b20-11+. The van der Waals surface area contributed by atoms with E-state index < -0.39 is 11.9 Å². The lowest BCUT2D eigenvalue weighted by Gasteiger charge is -2.15. The Balaban J connectivity index is 1.81. The molecular weight excluding hydrogens is 503 g/mol. The highest BCUT2D eigenvalue weighted by atomic mass is 35.5. The topological polar surface area (TPSA) is 97.7 Å². The van der Waals surface area contributed by atoms with Crippen molar-refractivity contribution in [3.8, 4) is 17.6 Å². The molecule has 0 heterocycles. The number of esters is 1. The molecule has 3 aromatic carbocycles. The van der Waals surface area contributed by atoms with Crippen LogP contribution in [-0.4, -0.2) is 25.6 Å². The highest BCUT2D eigenvalue weighted by Gasteiger charge is 2.15. The van der Waals surface area contributed by atoms with Crippen molar-refractivity contribution in [2.24, 2.45) is 0 Å². The van der Waals surface area contributed by atoms with Crippen LogP contribution >= 0.6 is 23.2 Å². The minimum Gasteiger partial charge on any atom is -0.490 e. The van der Waals surface area contributed by atoms with E-state index in [9.17, 15) is 14.9 Å². The molecule has 1 amide bonds. The molecule has 9 heteroatoms. The molecule has 0 atom stereocenters. The molecule has 0 aliphatic carbocycles. The highest BCUT2D eigenvalue weighted by Crippen LogP contribution is 2.38. The molecule has 0 unspecified atom stereocenters. The molecule has 0 radical (unpaired) electrons. The molecule has 0 aliphatic heterocycles. The number of carbonyl (C=O) groups is 2. The van der Waals surface area contributed by atoms with Gasteiger partial charge in [-0.25, -0.2) is 4.79 Å². The summed E-state index contributed by atoms with van der Waals surface area (Å²) in [6, 6.07) is 18.4. The van der Waals surface area contributed by atoms with Gasteiger partial charge in [-0.1, -0.05) is 35.3 Å². The van der Waals surface area contributed by atoms with Crippen LogP contribution in [0.5, 0.6) is 11.5 Å². The van der Waals surface area contributed by atoms with Crippen molar-refractivity contribution in [3.63, 3.8) is 0 Å². The van der Waals surface area contributed by atoms with Crippen LogP contribution in [0.3, 0.4) is 0 Å². The summed E-state index contributed by atoms with van der Waals surface area (Å²) in [4.78, 5) is 24.2. The smallest absolute Gasteiger partial charge is 0.337 e. The summed E-state index contributed by atoms with van der Waals surface area (Å²) < 4.78 is 16.2. The second kappa shape index (κ2) is 12.6. The number of anilines is 1. The number of nitriles is 1. The van der Waals surface area contributed by atoms with E-state index in [0.29, 0.717) is 39.9 Å². The second-order valence-electron chi connectivity index (χ2n) is 7.37. The number of hydrogen-bond acceptors (Lipinski definition) is 6. The van der Waals surface area contributed by atoms with Crippen LogP contribution in [0.1, 0.15) is 28.4 Å². The van der Waals surface area contributed by atoms with Gasteiger partial charge in [-0.15, -0.1) is 0 Å². The summed E-state index contributed by atoms with van der Waals surface area (Å²) in [6.07, 6.45) is 1.40. The summed E-state index contributed by atoms with van der Waals surface area (Å²) in [7, 11) is 1.28. The van der Waals surface area contributed by atoms with Gasteiger partial charge in [-0.05, 0) is 72.7 Å². The van der Waals surface area contributed by atoms with Crippen molar-refractivity contribution < 1.29 is 23.8 Å². The van der Waals surface area contributed by atoms with Crippen molar-refractivity contribution in [1.82, 2.24) is 0 Å². The first-order valence-electron chi connectivity index (χ1n) is 10.8. The van der Waals surface area contributed by atoms with E-state index >= 15 is 0 Å². The maximum absolute atomic E-state index is 12.7. The number of ether oxygens (including phenoxy) is 3. The fourth-order valence-corrected chi connectivity index (χ4v) is 3.66. The van der Waals surface area contributed by atoms with Gasteiger partial charge in [0.25, 0.3) is 5.91 Å². The summed E-state index contributed by atoms with van der Waals surface area (Å²) in [5.41, 5.74) is 1.92. The Labute approximate surface area is 218 Å². The van der Waals surface area contributed by atoms with E-state index in [1.165, 1.54) is 37.5 Å². The number of benzene rings is 3. The Morgan fingerprint density at radius 3 is 2.44 bits per heavy atom. The molecule has 0 fully saturated rings. The summed E-state index contributed by atoms with van der Waals surface area (Å²) in [5, 5.41) is 13.0. The van der Waals surface area contributed by atoms with Crippen LogP contribution in [0.15, 0.2) is 66.2 Å². The zero-order valence-corrected chi connectivity index (χ0v) is 21.0. The van der Waals surface area contributed by atoms with Crippen molar-refractivity contribution in [2.45, 2.75) is 13.5 Å². The summed E-state index contributed by atoms with van der Waals surface area (Å²) in [6.45, 7) is 2.39. The highest BCUT2D eigenvalue weighted by molar-refractivity contribution is 6.32.